The van der Waals surface area contributed by atoms with Gasteiger partial charge in [0.25, 0.3) is 0 Å². The van der Waals surface area contributed by atoms with Gasteiger partial charge in [0, 0.05) is 19.2 Å². The van der Waals surface area contributed by atoms with Gasteiger partial charge in [0.05, 0.1) is 5.41 Å². The number of rotatable bonds is 6. The zero-order valence-electron chi connectivity index (χ0n) is 12.4. The van der Waals surface area contributed by atoms with Crippen molar-refractivity contribution in [1.82, 2.24) is 4.72 Å². The fourth-order valence-electron chi connectivity index (χ4n) is 2.56. The van der Waals surface area contributed by atoms with E-state index in [2.05, 4.69) is 24.6 Å². The lowest BCUT2D eigenvalue weighted by molar-refractivity contribution is -0.0779. The minimum atomic E-state index is -4.10. The predicted molar refractivity (Wildman–Crippen MR) is 78.8 cm³/mol. The Morgan fingerprint density at radius 2 is 2.14 bits per heavy atom. The summed E-state index contributed by atoms with van der Waals surface area (Å²) in [4.78, 5) is 0. The summed E-state index contributed by atoms with van der Waals surface area (Å²) in [5.74, 6) is 0.826. The Kier molecular flexibility index (Phi) is 4.57. The zero-order valence-corrected chi connectivity index (χ0v) is 13.2. The van der Waals surface area contributed by atoms with Crippen molar-refractivity contribution in [2.45, 2.75) is 38.4 Å². The monoisotopic (exact) mass is 315 g/mol. The van der Waals surface area contributed by atoms with Crippen LogP contribution in [0.2, 0.25) is 0 Å². The summed E-state index contributed by atoms with van der Waals surface area (Å²) < 4.78 is 42.9. The lowest BCUT2D eigenvalue weighted by Crippen LogP contribution is -2.33. The minimum Gasteiger partial charge on any atom is -0.464 e. The molecule has 6 nitrogen and oxygen atoms in total. The quantitative estimate of drug-likeness (QED) is 0.616. The average Bonchev–Trinajstić information content (AvgIpc) is 2.65. The van der Waals surface area contributed by atoms with Crippen LogP contribution >= 0.6 is 0 Å². The van der Waals surface area contributed by atoms with E-state index < -0.39 is 10.3 Å². The summed E-state index contributed by atoms with van der Waals surface area (Å²) in [5, 5.41) is 0. The number of aryl methyl sites for hydroxylation is 1. The molecule has 0 spiro atoms. The van der Waals surface area contributed by atoms with Crippen LogP contribution < -0.4 is 9.46 Å². The van der Waals surface area contributed by atoms with Gasteiger partial charge >= 0.3 is 10.3 Å². The summed E-state index contributed by atoms with van der Waals surface area (Å²) in [7, 11) is -2.48. The van der Waals surface area contributed by atoms with E-state index in [4.69, 9.17) is 14.0 Å². The normalized spacial score (nSPS) is 20.1. The fraction of sp³-hybridized carbons (Fsp3) is 0.571. The van der Waals surface area contributed by atoms with Crippen molar-refractivity contribution < 1.29 is 22.4 Å². The van der Waals surface area contributed by atoms with Gasteiger partial charge in [-0.2, -0.15) is 13.1 Å². The van der Waals surface area contributed by atoms with Gasteiger partial charge in [0.2, 0.25) is 6.29 Å². The second-order valence-corrected chi connectivity index (χ2v) is 6.95. The Bertz CT molecular complexity index is 612. The molecule has 0 fully saturated rings. The van der Waals surface area contributed by atoms with Crippen molar-refractivity contribution in [2.75, 3.05) is 13.7 Å². The van der Waals surface area contributed by atoms with Gasteiger partial charge in [-0.25, -0.2) is 0 Å². The first kappa shape index (κ1) is 16.2. The molecule has 1 heterocycles. The summed E-state index contributed by atoms with van der Waals surface area (Å²) in [6.07, 6.45) is 1.01. The molecule has 0 saturated heterocycles. The standard InChI is InChI=1S/C14H21NO5S/c1-14(2)11-9-10(5-4-8-15-21(16,17)18)6-7-12(11)20-13(14)19-3/h6-7,9,13,15H,4-5,8H2,1-3H3,(H,16,17,18). The highest BCUT2D eigenvalue weighted by Crippen LogP contribution is 2.43. The van der Waals surface area contributed by atoms with E-state index in [0.717, 1.165) is 16.9 Å². The second-order valence-electron chi connectivity index (χ2n) is 5.71. The number of methoxy groups -OCH3 is 1. The molecule has 1 aliphatic rings. The molecule has 0 bridgehead atoms. The van der Waals surface area contributed by atoms with Crippen molar-refractivity contribution in [2.24, 2.45) is 0 Å². The summed E-state index contributed by atoms with van der Waals surface area (Å²) in [5.41, 5.74) is 1.96. The topological polar surface area (TPSA) is 84.9 Å². The van der Waals surface area contributed by atoms with Crippen LogP contribution in [-0.2, 0) is 26.9 Å². The highest BCUT2D eigenvalue weighted by molar-refractivity contribution is 7.83. The first-order chi connectivity index (χ1) is 9.74. The summed E-state index contributed by atoms with van der Waals surface area (Å²) >= 11 is 0. The third-order valence-corrected chi connectivity index (χ3v) is 4.27. The Morgan fingerprint density at radius 1 is 1.43 bits per heavy atom. The van der Waals surface area contributed by atoms with Crippen molar-refractivity contribution >= 4 is 10.3 Å². The van der Waals surface area contributed by atoms with Crippen molar-refractivity contribution in [3.63, 3.8) is 0 Å². The molecule has 2 N–H and O–H groups in total. The molecular formula is C14H21NO5S. The van der Waals surface area contributed by atoms with Gasteiger partial charge < -0.3 is 9.47 Å². The lowest BCUT2D eigenvalue weighted by Gasteiger charge is -2.24. The zero-order chi connectivity index (χ0) is 15.7. The van der Waals surface area contributed by atoms with Crippen LogP contribution in [0.25, 0.3) is 0 Å². The number of nitrogens with one attached hydrogen (secondary N) is 1. The maximum Gasteiger partial charge on any atom is 0.333 e. The lowest BCUT2D eigenvalue weighted by atomic mass is 9.84. The van der Waals surface area contributed by atoms with Crippen LogP contribution in [-0.4, -0.2) is 32.9 Å². The molecular weight excluding hydrogens is 294 g/mol. The van der Waals surface area contributed by atoms with E-state index in [1.54, 1.807) is 7.11 Å². The van der Waals surface area contributed by atoms with Crippen LogP contribution in [0.3, 0.4) is 0 Å². The minimum absolute atomic E-state index is 0.205. The Balaban J connectivity index is 2.02. The number of benzene rings is 1. The van der Waals surface area contributed by atoms with Gasteiger partial charge in [-0.05, 0) is 38.3 Å². The highest BCUT2D eigenvalue weighted by Gasteiger charge is 2.41. The molecule has 0 aliphatic carbocycles. The smallest absolute Gasteiger partial charge is 0.333 e. The van der Waals surface area contributed by atoms with Gasteiger partial charge in [0.15, 0.2) is 0 Å². The summed E-state index contributed by atoms with van der Waals surface area (Å²) in [6, 6.07) is 5.95. The average molecular weight is 315 g/mol. The second kappa shape index (κ2) is 5.92. The molecule has 21 heavy (non-hydrogen) atoms. The Hall–Kier alpha value is -1.15. The molecule has 0 radical (unpaired) electrons. The van der Waals surface area contributed by atoms with Crippen molar-refractivity contribution in [3.05, 3.63) is 29.3 Å². The molecule has 1 aromatic carbocycles. The fourth-order valence-corrected chi connectivity index (χ4v) is 2.97. The van der Waals surface area contributed by atoms with Crippen molar-refractivity contribution in [3.8, 4) is 5.75 Å². The number of fused-ring (bicyclic) bond motifs is 1. The van der Waals surface area contributed by atoms with Crippen LogP contribution in [0, 0.1) is 0 Å². The van der Waals surface area contributed by atoms with Gasteiger partial charge in [-0.3, -0.25) is 4.55 Å². The van der Waals surface area contributed by atoms with Gasteiger partial charge in [-0.15, -0.1) is 0 Å². The van der Waals surface area contributed by atoms with Crippen LogP contribution in [0.1, 0.15) is 31.4 Å². The third kappa shape index (κ3) is 3.74. The number of hydrogen-bond acceptors (Lipinski definition) is 4. The summed E-state index contributed by atoms with van der Waals surface area (Å²) in [6.45, 7) is 4.34. The maximum absolute atomic E-state index is 10.6. The van der Waals surface area contributed by atoms with E-state index in [0.29, 0.717) is 12.8 Å². The first-order valence-corrected chi connectivity index (χ1v) is 8.23. The van der Waals surface area contributed by atoms with Gasteiger partial charge in [-0.1, -0.05) is 12.1 Å². The molecule has 2 rings (SSSR count). The van der Waals surface area contributed by atoms with Crippen molar-refractivity contribution in [1.29, 1.82) is 0 Å². The van der Waals surface area contributed by atoms with E-state index in [1.165, 1.54) is 0 Å². The van der Waals surface area contributed by atoms with Gasteiger partial charge in [0.1, 0.15) is 5.75 Å². The Morgan fingerprint density at radius 3 is 2.76 bits per heavy atom. The Labute approximate surface area is 125 Å². The molecule has 1 aromatic rings. The molecule has 1 unspecified atom stereocenters. The largest absolute Gasteiger partial charge is 0.464 e. The third-order valence-electron chi connectivity index (χ3n) is 3.70. The first-order valence-electron chi connectivity index (χ1n) is 6.79. The molecule has 1 atom stereocenters. The number of ether oxygens (including phenoxy) is 2. The van der Waals surface area contributed by atoms with E-state index in [-0.39, 0.29) is 18.2 Å². The van der Waals surface area contributed by atoms with E-state index in [1.807, 2.05) is 12.1 Å². The molecule has 0 aromatic heterocycles. The van der Waals surface area contributed by atoms with E-state index >= 15 is 0 Å². The molecule has 118 valence electrons. The SMILES string of the molecule is COC1Oc2ccc(CCCNS(=O)(=O)O)cc2C1(C)C. The number of hydrogen-bond donors (Lipinski definition) is 2. The molecule has 7 heteroatoms. The molecule has 0 amide bonds. The van der Waals surface area contributed by atoms with Crippen LogP contribution in [0.4, 0.5) is 0 Å². The maximum atomic E-state index is 10.6. The van der Waals surface area contributed by atoms with E-state index in [9.17, 15) is 8.42 Å². The predicted octanol–water partition coefficient (Wildman–Crippen LogP) is 1.65. The molecule has 0 saturated carbocycles. The molecule has 1 aliphatic heterocycles. The van der Waals surface area contributed by atoms with Crippen LogP contribution in [0.5, 0.6) is 5.75 Å². The van der Waals surface area contributed by atoms with Crippen LogP contribution in [0.15, 0.2) is 18.2 Å². The highest BCUT2D eigenvalue weighted by atomic mass is 32.2.